The van der Waals surface area contributed by atoms with Crippen LogP contribution in [0.5, 0.6) is 0 Å². The molecule has 1 aliphatic rings. The fraction of sp³-hybridized carbons (Fsp3) is 0.316. The van der Waals surface area contributed by atoms with Crippen molar-refractivity contribution >= 4 is 27.6 Å². The molecule has 1 atom stereocenters. The van der Waals surface area contributed by atoms with Crippen LogP contribution in [-0.2, 0) is 11.2 Å². The summed E-state index contributed by atoms with van der Waals surface area (Å²) in [6, 6.07) is 12.5. The van der Waals surface area contributed by atoms with Crippen LogP contribution in [0, 0.1) is 5.92 Å². The molecule has 1 aromatic heterocycles. The maximum atomic E-state index is 12.3. The van der Waals surface area contributed by atoms with Crippen LogP contribution in [0.1, 0.15) is 25.3 Å². The number of carbonyl (C=O) groups excluding carboxylic acids is 1. The van der Waals surface area contributed by atoms with Crippen molar-refractivity contribution in [2.45, 2.75) is 32.2 Å². The molecule has 3 nitrogen and oxygen atoms in total. The highest BCUT2D eigenvalue weighted by Gasteiger charge is 2.29. The number of carbonyl (C=O) groups is 1. The van der Waals surface area contributed by atoms with Gasteiger partial charge in [0.1, 0.15) is 5.58 Å². The van der Waals surface area contributed by atoms with Crippen LogP contribution in [0.15, 0.2) is 47.1 Å². The molecule has 2 aromatic carbocycles. The first-order valence-corrected chi connectivity index (χ1v) is 7.89. The molecule has 0 spiro atoms. The number of hydrogen-bond donors (Lipinski definition) is 1. The molecule has 1 amide bonds. The van der Waals surface area contributed by atoms with Gasteiger partial charge in [-0.2, -0.15) is 0 Å². The fourth-order valence-corrected chi connectivity index (χ4v) is 3.20. The smallest absolute Gasteiger partial charge is 0.224 e. The van der Waals surface area contributed by atoms with Crippen LogP contribution in [0.3, 0.4) is 0 Å². The summed E-state index contributed by atoms with van der Waals surface area (Å²) in [5.74, 6) is 0.751. The highest BCUT2D eigenvalue weighted by Crippen LogP contribution is 2.33. The van der Waals surface area contributed by atoms with Crippen LogP contribution in [0.2, 0.25) is 0 Å². The topological polar surface area (TPSA) is 42.2 Å². The Morgan fingerprint density at radius 2 is 2.09 bits per heavy atom. The third kappa shape index (κ3) is 2.37. The van der Waals surface area contributed by atoms with Gasteiger partial charge in [-0.05, 0) is 42.5 Å². The van der Waals surface area contributed by atoms with Crippen molar-refractivity contribution in [3.8, 4) is 0 Å². The Kier molecular flexibility index (Phi) is 3.14. The first-order valence-electron chi connectivity index (χ1n) is 7.89. The number of nitrogens with one attached hydrogen (secondary N) is 1. The molecule has 0 aliphatic heterocycles. The predicted molar refractivity (Wildman–Crippen MR) is 87.8 cm³/mol. The van der Waals surface area contributed by atoms with Crippen LogP contribution < -0.4 is 5.32 Å². The summed E-state index contributed by atoms with van der Waals surface area (Å²) in [5, 5.41) is 6.49. The molecule has 0 radical (unpaired) electrons. The SMILES string of the molecule is CC(NC(=O)Cc1coc2ccc3ccccc3c12)C1CC1. The Morgan fingerprint density at radius 1 is 1.27 bits per heavy atom. The number of hydrogen-bond acceptors (Lipinski definition) is 2. The minimum atomic E-state index is 0.0787. The number of furan rings is 1. The molecule has 0 bridgehead atoms. The van der Waals surface area contributed by atoms with Gasteiger partial charge < -0.3 is 9.73 Å². The van der Waals surface area contributed by atoms with Crippen molar-refractivity contribution in [3.63, 3.8) is 0 Å². The quantitative estimate of drug-likeness (QED) is 0.788. The van der Waals surface area contributed by atoms with Crippen LogP contribution in [0.25, 0.3) is 21.7 Å². The van der Waals surface area contributed by atoms with Gasteiger partial charge >= 0.3 is 0 Å². The summed E-state index contributed by atoms with van der Waals surface area (Å²) >= 11 is 0. The van der Waals surface area contributed by atoms with Gasteiger partial charge in [0.05, 0.1) is 12.7 Å². The van der Waals surface area contributed by atoms with E-state index in [1.165, 1.54) is 18.2 Å². The van der Waals surface area contributed by atoms with Gasteiger partial charge in [-0.25, -0.2) is 0 Å². The van der Waals surface area contributed by atoms with Crippen molar-refractivity contribution in [1.82, 2.24) is 5.32 Å². The zero-order chi connectivity index (χ0) is 15.1. The third-order valence-electron chi connectivity index (χ3n) is 4.61. The molecule has 1 N–H and O–H groups in total. The molecule has 0 saturated heterocycles. The van der Waals surface area contributed by atoms with Crippen molar-refractivity contribution in [2.75, 3.05) is 0 Å². The molecule has 1 unspecified atom stereocenters. The summed E-state index contributed by atoms with van der Waals surface area (Å²) in [4.78, 5) is 12.3. The van der Waals surface area contributed by atoms with E-state index < -0.39 is 0 Å². The Bertz CT molecular complexity index is 845. The predicted octanol–water partition coefficient (Wildman–Crippen LogP) is 4.04. The van der Waals surface area contributed by atoms with Crippen molar-refractivity contribution in [1.29, 1.82) is 0 Å². The Labute approximate surface area is 129 Å². The molecular weight excluding hydrogens is 274 g/mol. The molecule has 1 saturated carbocycles. The Morgan fingerprint density at radius 3 is 2.91 bits per heavy atom. The Balaban J connectivity index is 1.66. The largest absolute Gasteiger partial charge is 0.464 e. The van der Waals surface area contributed by atoms with Gasteiger partial charge in [-0.3, -0.25) is 4.79 Å². The number of fused-ring (bicyclic) bond motifs is 3. The average molecular weight is 293 g/mol. The van der Waals surface area contributed by atoms with Gasteiger partial charge in [-0.15, -0.1) is 0 Å². The van der Waals surface area contributed by atoms with E-state index >= 15 is 0 Å². The van der Waals surface area contributed by atoms with E-state index in [1.54, 1.807) is 6.26 Å². The maximum Gasteiger partial charge on any atom is 0.224 e. The lowest BCUT2D eigenvalue weighted by Gasteiger charge is -2.12. The van der Waals surface area contributed by atoms with Gasteiger partial charge in [-0.1, -0.05) is 30.3 Å². The standard InChI is InChI=1S/C19H19NO2/c1-12(13-6-7-13)20-18(21)10-15-11-22-17-9-8-14-4-2-3-5-16(14)19(15)17/h2-5,8-9,11-13H,6-7,10H2,1H3,(H,20,21). The van der Waals surface area contributed by atoms with Crippen LogP contribution in [0.4, 0.5) is 0 Å². The third-order valence-corrected chi connectivity index (χ3v) is 4.61. The maximum absolute atomic E-state index is 12.3. The number of amides is 1. The van der Waals surface area contributed by atoms with Gasteiger partial charge in [0, 0.05) is 17.0 Å². The minimum absolute atomic E-state index is 0.0787. The first kappa shape index (κ1) is 13.4. The normalized spacial score (nSPS) is 16.0. The summed E-state index contributed by atoms with van der Waals surface area (Å²) < 4.78 is 5.64. The lowest BCUT2D eigenvalue weighted by molar-refractivity contribution is -0.121. The van der Waals surface area contributed by atoms with E-state index in [2.05, 4.69) is 30.4 Å². The zero-order valence-corrected chi connectivity index (χ0v) is 12.6. The van der Waals surface area contributed by atoms with E-state index in [4.69, 9.17) is 4.42 Å². The molecule has 22 heavy (non-hydrogen) atoms. The fourth-order valence-electron chi connectivity index (χ4n) is 3.20. The minimum Gasteiger partial charge on any atom is -0.464 e. The lowest BCUT2D eigenvalue weighted by Crippen LogP contribution is -2.35. The van der Waals surface area contributed by atoms with Crippen LogP contribution in [-0.4, -0.2) is 11.9 Å². The highest BCUT2D eigenvalue weighted by atomic mass is 16.3. The van der Waals surface area contributed by atoms with Crippen LogP contribution >= 0.6 is 0 Å². The summed E-state index contributed by atoms with van der Waals surface area (Å²) in [6.07, 6.45) is 4.57. The highest BCUT2D eigenvalue weighted by molar-refractivity contribution is 6.08. The monoisotopic (exact) mass is 293 g/mol. The average Bonchev–Trinajstić information content (AvgIpc) is 3.30. The summed E-state index contributed by atoms with van der Waals surface area (Å²) in [7, 11) is 0. The van der Waals surface area contributed by atoms with Crippen molar-refractivity contribution in [3.05, 3.63) is 48.2 Å². The molecule has 3 heteroatoms. The second-order valence-corrected chi connectivity index (χ2v) is 6.29. The van der Waals surface area contributed by atoms with E-state index in [-0.39, 0.29) is 11.9 Å². The molecule has 1 aliphatic carbocycles. The molecular formula is C19H19NO2. The number of rotatable bonds is 4. The molecule has 1 fully saturated rings. The summed E-state index contributed by atoms with van der Waals surface area (Å²) in [5.41, 5.74) is 1.81. The van der Waals surface area contributed by atoms with Gasteiger partial charge in [0.25, 0.3) is 0 Å². The second kappa shape index (κ2) is 5.16. The Hall–Kier alpha value is -2.29. The van der Waals surface area contributed by atoms with E-state index in [9.17, 15) is 4.79 Å². The molecule has 3 aromatic rings. The molecule has 4 rings (SSSR count). The zero-order valence-electron chi connectivity index (χ0n) is 12.6. The molecule has 112 valence electrons. The van der Waals surface area contributed by atoms with Gasteiger partial charge in [0.2, 0.25) is 5.91 Å². The first-order chi connectivity index (χ1) is 10.7. The lowest BCUT2D eigenvalue weighted by atomic mass is 10.0. The van der Waals surface area contributed by atoms with Gasteiger partial charge in [0.15, 0.2) is 0 Å². The summed E-state index contributed by atoms with van der Waals surface area (Å²) in [6.45, 7) is 2.10. The van der Waals surface area contributed by atoms with E-state index in [1.807, 2.05) is 18.2 Å². The van der Waals surface area contributed by atoms with Crippen molar-refractivity contribution < 1.29 is 9.21 Å². The number of benzene rings is 2. The van der Waals surface area contributed by atoms with E-state index in [0.29, 0.717) is 12.3 Å². The van der Waals surface area contributed by atoms with Crippen molar-refractivity contribution in [2.24, 2.45) is 5.92 Å². The second-order valence-electron chi connectivity index (χ2n) is 6.29. The van der Waals surface area contributed by atoms with E-state index in [0.717, 1.165) is 21.9 Å². The molecule has 1 heterocycles.